The van der Waals surface area contributed by atoms with Crippen LogP contribution in [0.3, 0.4) is 0 Å². The lowest BCUT2D eigenvalue weighted by Gasteiger charge is -2.27. The van der Waals surface area contributed by atoms with E-state index < -0.39 is 0 Å². The number of piperazine rings is 1. The molecule has 1 N–H and O–H groups in total. The van der Waals surface area contributed by atoms with Gasteiger partial charge in [-0.2, -0.15) is 0 Å². The van der Waals surface area contributed by atoms with Gasteiger partial charge in [-0.3, -0.25) is 4.79 Å². The van der Waals surface area contributed by atoms with Crippen molar-refractivity contribution in [3.63, 3.8) is 0 Å². The smallest absolute Gasteiger partial charge is 0.226 e. The summed E-state index contributed by atoms with van der Waals surface area (Å²) in [5.74, 6) is 1.08. The van der Waals surface area contributed by atoms with Gasteiger partial charge < -0.3 is 10.2 Å². The molecule has 1 aliphatic heterocycles. The first-order chi connectivity index (χ1) is 8.36. The zero-order valence-corrected chi connectivity index (χ0v) is 9.93. The van der Waals surface area contributed by atoms with Crippen LogP contribution in [0.4, 0.5) is 0 Å². The Labute approximate surface area is 102 Å². The van der Waals surface area contributed by atoms with E-state index in [1.165, 1.54) is 5.56 Å². The van der Waals surface area contributed by atoms with Crippen LogP contribution < -0.4 is 5.32 Å². The topological polar surface area (TPSA) is 32.3 Å². The van der Waals surface area contributed by atoms with Crippen LogP contribution in [0.1, 0.15) is 17.9 Å². The van der Waals surface area contributed by atoms with Gasteiger partial charge in [0.2, 0.25) is 5.91 Å². The van der Waals surface area contributed by atoms with Gasteiger partial charge in [-0.05, 0) is 17.9 Å². The molecule has 2 aliphatic rings. The lowest BCUT2D eigenvalue weighted by molar-refractivity contribution is -0.133. The molecule has 0 radical (unpaired) electrons. The van der Waals surface area contributed by atoms with Crippen molar-refractivity contribution in [2.45, 2.75) is 12.3 Å². The van der Waals surface area contributed by atoms with E-state index in [2.05, 4.69) is 29.6 Å². The van der Waals surface area contributed by atoms with Crippen molar-refractivity contribution < 1.29 is 4.79 Å². The Morgan fingerprint density at radius 2 is 1.88 bits per heavy atom. The van der Waals surface area contributed by atoms with Crippen LogP contribution in [0.5, 0.6) is 0 Å². The van der Waals surface area contributed by atoms with Gasteiger partial charge in [0, 0.05) is 32.1 Å². The average Bonchev–Trinajstić information content (AvgIpc) is 3.20. The van der Waals surface area contributed by atoms with Gasteiger partial charge in [-0.1, -0.05) is 30.3 Å². The van der Waals surface area contributed by atoms with Gasteiger partial charge in [-0.25, -0.2) is 0 Å². The number of nitrogens with one attached hydrogen (secondary N) is 1. The average molecular weight is 230 g/mol. The molecule has 0 bridgehead atoms. The number of benzene rings is 1. The third-order valence-electron chi connectivity index (χ3n) is 3.76. The van der Waals surface area contributed by atoms with Crippen molar-refractivity contribution in [2.75, 3.05) is 26.2 Å². The van der Waals surface area contributed by atoms with Gasteiger partial charge in [0.25, 0.3) is 0 Å². The Kier molecular flexibility index (Phi) is 2.85. The fraction of sp³-hybridized carbons (Fsp3) is 0.500. The van der Waals surface area contributed by atoms with E-state index in [1.807, 2.05) is 11.0 Å². The van der Waals surface area contributed by atoms with Crippen molar-refractivity contribution in [2.24, 2.45) is 5.92 Å². The number of hydrogen-bond acceptors (Lipinski definition) is 2. The molecule has 3 rings (SSSR count). The lowest BCUT2D eigenvalue weighted by atomic mass is 10.1. The Morgan fingerprint density at radius 3 is 2.59 bits per heavy atom. The standard InChI is InChI=1S/C14H18N2O/c17-14(16-8-6-15-7-9-16)13-10-12(13)11-4-2-1-3-5-11/h1-5,12-13,15H,6-10H2/t12-,13-/m1/s1. The fourth-order valence-electron chi connectivity index (χ4n) is 2.66. The highest BCUT2D eigenvalue weighted by atomic mass is 16.2. The van der Waals surface area contributed by atoms with Crippen molar-refractivity contribution in [1.29, 1.82) is 0 Å². The Hall–Kier alpha value is -1.35. The summed E-state index contributed by atoms with van der Waals surface area (Å²) >= 11 is 0. The maximum Gasteiger partial charge on any atom is 0.226 e. The molecule has 2 fully saturated rings. The molecular formula is C14H18N2O. The molecule has 3 heteroatoms. The predicted octanol–water partition coefficient (Wildman–Crippen LogP) is 1.22. The van der Waals surface area contributed by atoms with Crippen molar-refractivity contribution in [3.8, 4) is 0 Å². The normalized spacial score (nSPS) is 27.9. The molecule has 1 saturated carbocycles. The number of carbonyl (C=O) groups excluding carboxylic acids is 1. The molecule has 0 spiro atoms. The minimum Gasteiger partial charge on any atom is -0.340 e. The molecule has 1 aromatic rings. The summed E-state index contributed by atoms with van der Waals surface area (Å²) < 4.78 is 0. The molecule has 3 nitrogen and oxygen atoms in total. The Bertz CT molecular complexity index is 398. The van der Waals surface area contributed by atoms with Crippen molar-refractivity contribution in [3.05, 3.63) is 35.9 Å². The van der Waals surface area contributed by atoms with Crippen LogP contribution in [0.2, 0.25) is 0 Å². The van der Waals surface area contributed by atoms with E-state index in [1.54, 1.807) is 0 Å². The maximum absolute atomic E-state index is 12.2. The second kappa shape index (κ2) is 4.49. The number of nitrogens with zero attached hydrogens (tertiary/aromatic N) is 1. The van der Waals surface area contributed by atoms with Crippen LogP contribution >= 0.6 is 0 Å². The molecule has 0 unspecified atom stereocenters. The molecule has 1 saturated heterocycles. The third kappa shape index (κ3) is 2.20. The summed E-state index contributed by atoms with van der Waals surface area (Å²) in [5.41, 5.74) is 1.32. The minimum atomic E-state index is 0.246. The first kappa shape index (κ1) is 10.8. The first-order valence-electron chi connectivity index (χ1n) is 6.41. The molecule has 1 aliphatic carbocycles. The highest BCUT2D eigenvalue weighted by molar-refractivity contribution is 5.83. The van der Waals surface area contributed by atoms with E-state index in [9.17, 15) is 4.79 Å². The number of amides is 1. The predicted molar refractivity (Wildman–Crippen MR) is 66.7 cm³/mol. The fourth-order valence-corrected chi connectivity index (χ4v) is 2.66. The highest BCUT2D eigenvalue weighted by Gasteiger charge is 2.45. The SMILES string of the molecule is O=C([C@@H]1C[C@@H]1c1ccccc1)N1CCNCC1. The van der Waals surface area contributed by atoms with Crippen LogP contribution in [0.15, 0.2) is 30.3 Å². The molecule has 0 aromatic heterocycles. The van der Waals surface area contributed by atoms with E-state index in [0.29, 0.717) is 11.8 Å². The third-order valence-corrected chi connectivity index (χ3v) is 3.76. The zero-order chi connectivity index (χ0) is 11.7. The van der Waals surface area contributed by atoms with E-state index in [4.69, 9.17) is 0 Å². The summed E-state index contributed by atoms with van der Waals surface area (Å²) in [4.78, 5) is 14.3. The van der Waals surface area contributed by atoms with Crippen LogP contribution in [-0.2, 0) is 4.79 Å². The van der Waals surface area contributed by atoms with Gasteiger partial charge in [-0.15, -0.1) is 0 Å². The maximum atomic E-state index is 12.2. The first-order valence-corrected chi connectivity index (χ1v) is 6.41. The molecule has 1 aromatic carbocycles. The number of carbonyl (C=O) groups is 1. The highest BCUT2D eigenvalue weighted by Crippen LogP contribution is 2.48. The van der Waals surface area contributed by atoms with Gasteiger partial charge >= 0.3 is 0 Å². The van der Waals surface area contributed by atoms with E-state index >= 15 is 0 Å². The molecule has 1 heterocycles. The second-order valence-corrected chi connectivity index (χ2v) is 4.93. The summed E-state index contributed by atoms with van der Waals surface area (Å²) in [7, 11) is 0. The molecule has 17 heavy (non-hydrogen) atoms. The summed E-state index contributed by atoms with van der Waals surface area (Å²) in [6, 6.07) is 10.4. The lowest BCUT2D eigenvalue weighted by Crippen LogP contribution is -2.47. The zero-order valence-electron chi connectivity index (χ0n) is 9.93. The van der Waals surface area contributed by atoms with Gasteiger partial charge in [0.1, 0.15) is 0 Å². The minimum absolute atomic E-state index is 0.246. The second-order valence-electron chi connectivity index (χ2n) is 4.93. The molecule has 1 amide bonds. The van der Waals surface area contributed by atoms with Gasteiger partial charge in [0.05, 0.1) is 0 Å². The van der Waals surface area contributed by atoms with Gasteiger partial charge in [0.15, 0.2) is 0 Å². The van der Waals surface area contributed by atoms with Crippen LogP contribution in [-0.4, -0.2) is 37.0 Å². The summed E-state index contributed by atoms with van der Waals surface area (Å²) in [6.07, 6.45) is 1.03. The Morgan fingerprint density at radius 1 is 1.18 bits per heavy atom. The van der Waals surface area contributed by atoms with Crippen LogP contribution in [0.25, 0.3) is 0 Å². The molecule has 2 atom stereocenters. The van der Waals surface area contributed by atoms with Crippen molar-refractivity contribution in [1.82, 2.24) is 10.2 Å². The number of rotatable bonds is 2. The van der Waals surface area contributed by atoms with Crippen molar-refractivity contribution >= 4 is 5.91 Å². The largest absolute Gasteiger partial charge is 0.340 e. The van der Waals surface area contributed by atoms with Crippen LogP contribution in [0, 0.1) is 5.92 Å². The monoisotopic (exact) mass is 230 g/mol. The Balaban J connectivity index is 1.62. The van der Waals surface area contributed by atoms with E-state index in [-0.39, 0.29) is 5.92 Å². The number of hydrogen-bond donors (Lipinski definition) is 1. The summed E-state index contributed by atoms with van der Waals surface area (Å²) in [6.45, 7) is 3.62. The summed E-state index contributed by atoms with van der Waals surface area (Å²) in [5, 5.41) is 3.28. The molecule has 90 valence electrons. The molecular weight excluding hydrogens is 212 g/mol. The van der Waals surface area contributed by atoms with E-state index in [0.717, 1.165) is 32.6 Å². The quantitative estimate of drug-likeness (QED) is 0.828.